The molecule has 0 bridgehead atoms. The van der Waals surface area contributed by atoms with Gasteiger partial charge in [-0.05, 0) is 54.1 Å². The van der Waals surface area contributed by atoms with Crippen molar-refractivity contribution in [2.75, 3.05) is 12.4 Å². The molecule has 0 aliphatic heterocycles. The molecular formula is C28H26FN3O3. The fourth-order valence-corrected chi connectivity index (χ4v) is 3.77. The molecule has 0 fully saturated rings. The van der Waals surface area contributed by atoms with Gasteiger partial charge in [-0.2, -0.15) is 0 Å². The largest absolute Gasteiger partial charge is 0.465 e. The number of halogens is 1. The van der Waals surface area contributed by atoms with Crippen LogP contribution in [0.4, 0.5) is 10.1 Å². The quantitative estimate of drug-likeness (QED) is 0.268. The molecule has 178 valence electrons. The average molecular weight is 472 g/mol. The van der Waals surface area contributed by atoms with Gasteiger partial charge in [-0.25, -0.2) is 9.18 Å². The predicted molar refractivity (Wildman–Crippen MR) is 136 cm³/mol. The molecule has 7 heteroatoms. The Morgan fingerprint density at radius 3 is 2.26 bits per heavy atom. The molecule has 35 heavy (non-hydrogen) atoms. The van der Waals surface area contributed by atoms with Crippen LogP contribution < -0.4 is 5.32 Å². The number of nitrogens with one attached hydrogen (secondary N) is 2. The topological polar surface area (TPSA) is 84.2 Å². The Bertz CT molecular complexity index is 1430. The molecule has 0 saturated heterocycles. The second-order valence-electron chi connectivity index (χ2n) is 9.26. The highest BCUT2D eigenvalue weighted by atomic mass is 19.1. The number of fused-ring (bicyclic) bond motifs is 1. The summed E-state index contributed by atoms with van der Waals surface area (Å²) in [5, 5.41) is 11.7. The summed E-state index contributed by atoms with van der Waals surface area (Å²) in [6.45, 7) is 5.47. The van der Waals surface area contributed by atoms with Gasteiger partial charge in [-0.15, -0.1) is 0 Å². The van der Waals surface area contributed by atoms with E-state index in [0.717, 1.165) is 27.7 Å². The van der Waals surface area contributed by atoms with Crippen LogP contribution in [0.15, 0.2) is 66.9 Å². The van der Waals surface area contributed by atoms with Crippen molar-refractivity contribution in [3.8, 4) is 16.8 Å². The van der Waals surface area contributed by atoms with E-state index in [-0.39, 0.29) is 11.7 Å². The molecule has 1 heterocycles. The number of methoxy groups -OCH3 is 1. The van der Waals surface area contributed by atoms with Gasteiger partial charge in [0.05, 0.1) is 23.9 Å². The van der Waals surface area contributed by atoms with Crippen LogP contribution in [0.1, 0.15) is 36.7 Å². The molecule has 4 aromatic rings. The second-order valence-corrected chi connectivity index (χ2v) is 9.26. The Balaban J connectivity index is 1.94. The van der Waals surface area contributed by atoms with E-state index in [1.54, 1.807) is 24.3 Å². The van der Waals surface area contributed by atoms with E-state index in [1.807, 2.05) is 55.8 Å². The second kappa shape index (κ2) is 9.18. The molecule has 0 saturated carbocycles. The molecule has 3 aromatic carbocycles. The predicted octanol–water partition coefficient (Wildman–Crippen LogP) is 6.21. The molecule has 6 nitrogen and oxygen atoms in total. The average Bonchev–Trinajstić information content (AvgIpc) is 3.21. The first kappa shape index (κ1) is 23.9. The lowest BCUT2D eigenvalue weighted by Crippen LogP contribution is -2.28. The van der Waals surface area contributed by atoms with Gasteiger partial charge in [0.2, 0.25) is 5.91 Å². The Hall–Kier alpha value is -4.26. The fourth-order valence-electron chi connectivity index (χ4n) is 3.77. The number of hydrogen-bond acceptors (Lipinski definition) is 4. The van der Waals surface area contributed by atoms with Gasteiger partial charge in [0.15, 0.2) is 0 Å². The molecule has 4 rings (SSSR count). The van der Waals surface area contributed by atoms with E-state index >= 15 is 0 Å². The standard InChI is InChI=1S/C28H26FN3O3/c1-28(2,3)27(34)31-24-14-22-23(17-5-7-18(8-6-17)26(33)35-4)16-32(25(22)13-19(24)15-30)21-11-9-20(29)10-12-21/h5-16,30H,1-4H3,(H,31,34). The summed E-state index contributed by atoms with van der Waals surface area (Å²) in [6, 6.07) is 16.9. The highest BCUT2D eigenvalue weighted by Gasteiger charge is 2.23. The van der Waals surface area contributed by atoms with Crippen LogP contribution in [-0.4, -0.2) is 29.8 Å². The smallest absolute Gasteiger partial charge is 0.337 e. The van der Waals surface area contributed by atoms with E-state index < -0.39 is 11.4 Å². The van der Waals surface area contributed by atoms with Crippen molar-refractivity contribution < 1.29 is 18.7 Å². The van der Waals surface area contributed by atoms with Gasteiger partial charge in [-0.3, -0.25) is 4.79 Å². The molecule has 1 aromatic heterocycles. The Morgan fingerprint density at radius 1 is 1.03 bits per heavy atom. The van der Waals surface area contributed by atoms with Gasteiger partial charge in [0.25, 0.3) is 0 Å². The minimum absolute atomic E-state index is 0.165. The molecule has 0 radical (unpaired) electrons. The highest BCUT2D eigenvalue weighted by Crippen LogP contribution is 2.36. The Morgan fingerprint density at radius 2 is 1.69 bits per heavy atom. The van der Waals surface area contributed by atoms with E-state index in [0.29, 0.717) is 16.8 Å². The molecular weight excluding hydrogens is 445 g/mol. The van der Waals surface area contributed by atoms with Crippen molar-refractivity contribution in [3.05, 3.63) is 83.8 Å². The summed E-state index contributed by atoms with van der Waals surface area (Å²) in [5.41, 5.74) is 4.12. The summed E-state index contributed by atoms with van der Waals surface area (Å²) in [7, 11) is 1.33. The van der Waals surface area contributed by atoms with E-state index in [4.69, 9.17) is 10.1 Å². The number of carbonyl (C=O) groups is 2. The normalized spacial score (nSPS) is 11.3. The SMILES string of the molecule is COC(=O)c1ccc(-c2cn(-c3ccc(F)cc3)c3cc(C=N)c(NC(=O)C(C)(C)C)cc23)cc1. The zero-order chi connectivity index (χ0) is 25.3. The van der Waals surface area contributed by atoms with Crippen molar-refractivity contribution in [1.82, 2.24) is 4.57 Å². The van der Waals surface area contributed by atoms with Gasteiger partial charge in [0, 0.05) is 40.0 Å². The first-order valence-corrected chi connectivity index (χ1v) is 11.1. The van der Waals surface area contributed by atoms with Crippen LogP contribution in [0.25, 0.3) is 27.7 Å². The van der Waals surface area contributed by atoms with Crippen molar-refractivity contribution >= 4 is 34.7 Å². The lowest BCUT2D eigenvalue weighted by Gasteiger charge is -2.19. The summed E-state index contributed by atoms with van der Waals surface area (Å²) in [4.78, 5) is 24.6. The molecule has 1 amide bonds. The number of carbonyl (C=O) groups excluding carboxylic acids is 2. The summed E-state index contributed by atoms with van der Waals surface area (Å²) >= 11 is 0. The van der Waals surface area contributed by atoms with Crippen LogP contribution >= 0.6 is 0 Å². The highest BCUT2D eigenvalue weighted by molar-refractivity contribution is 6.07. The number of nitrogens with zero attached hydrogens (tertiary/aromatic N) is 1. The number of anilines is 1. The van der Waals surface area contributed by atoms with Crippen LogP contribution in [0.2, 0.25) is 0 Å². The number of rotatable bonds is 5. The van der Waals surface area contributed by atoms with Crippen LogP contribution in [0, 0.1) is 16.6 Å². The molecule has 0 unspecified atom stereocenters. The van der Waals surface area contributed by atoms with Gasteiger partial charge in [0.1, 0.15) is 5.82 Å². The maximum atomic E-state index is 13.6. The number of amides is 1. The van der Waals surface area contributed by atoms with Crippen molar-refractivity contribution in [2.45, 2.75) is 20.8 Å². The van der Waals surface area contributed by atoms with Gasteiger partial charge in [-0.1, -0.05) is 32.9 Å². The van der Waals surface area contributed by atoms with E-state index in [1.165, 1.54) is 25.5 Å². The Kier molecular flexibility index (Phi) is 6.26. The summed E-state index contributed by atoms with van der Waals surface area (Å²) < 4.78 is 20.3. The van der Waals surface area contributed by atoms with Crippen LogP contribution in [0.5, 0.6) is 0 Å². The zero-order valence-electron chi connectivity index (χ0n) is 20.0. The first-order chi connectivity index (χ1) is 16.6. The zero-order valence-corrected chi connectivity index (χ0v) is 20.0. The van der Waals surface area contributed by atoms with Crippen molar-refractivity contribution in [3.63, 3.8) is 0 Å². The number of aromatic nitrogens is 1. The molecule has 0 aliphatic carbocycles. The summed E-state index contributed by atoms with van der Waals surface area (Å²) in [5.74, 6) is -0.925. The van der Waals surface area contributed by atoms with Gasteiger partial charge >= 0.3 is 5.97 Å². The number of hydrogen-bond donors (Lipinski definition) is 2. The third-order valence-corrected chi connectivity index (χ3v) is 5.78. The minimum Gasteiger partial charge on any atom is -0.465 e. The molecule has 0 spiro atoms. The molecule has 0 atom stereocenters. The lowest BCUT2D eigenvalue weighted by molar-refractivity contribution is -0.123. The monoisotopic (exact) mass is 471 g/mol. The van der Waals surface area contributed by atoms with Crippen LogP contribution in [-0.2, 0) is 9.53 Å². The Labute approximate surface area is 202 Å². The van der Waals surface area contributed by atoms with E-state index in [9.17, 15) is 14.0 Å². The maximum Gasteiger partial charge on any atom is 0.337 e. The number of esters is 1. The molecule has 2 N–H and O–H groups in total. The van der Waals surface area contributed by atoms with Gasteiger partial charge < -0.3 is 20.0 Å². The first-order valence-electron chi connectivity index (χ1n) is 11.1. The van der Waals surface area contributed by atoms with Crippen LogP contribution in [0.3, 0.4) is 0 Å². The summed E-state index contributed by atoms with van der Waals surface area (Å²) in [6.07, 6.45) is 3.12. The van der Waals surface area contributed by atoms with E-state index in [2.05, 4.69) is 5.32 Å². The van der Waals surface area contributed by atoms with Crippen molar-refractivity contribution in [2.24, 2.45) is 5.41 Å². The third-order valence-electron chi connectivity index (χ3n) is 5.78. The maximum absolute atomic E-state index is 13.6. The lowest BCUT2D eigenvalue weighted by atomic mass is 9.95. The number of ether oxygens (including phenoxy) is 1. The molecule has 0 aliphatic rings. The number of benzene rings is 3. The fraction of sp³-hybridized carbons (Fsp3) is 0.179. The minimum atomic E-state index is -0.610. The third kappa shape index (κ3) is 4.71. The van der Waals surface area contributed by atoms with Crippen molar-refractivity contribution in [1.29, 1.82) is 5.41 Å².